The molecule has 1 aliphatic heterocycles. The zero-order valence-corrected chi connectivity index (χ0v) is 11.1. The lowest BCUT2D eigenvalue weighted by atomic mass is 10.0. The number of nitrogens with one attached hydrogen (secondary N) is 1. The van der Waals surface area contributed by atoms with Gasteiger partial charge in [-0.2, -0.15) is 0 Å². The van der Waals surface area contributed by atoms with Gasteiger partial charge in [0.25, 0.3) is 0 Å². The zero-order valence-electron chi connectivity index (χ0n) is 11.1. The highest BCUT2D eigenvalue weighted by atomic mass is 16.5. The first-order valence-electron chi connectivity index (χ1n) is 6.32. The molecule has 1 fully saturated rings. The van der Waals surface area contributed by atoms with E-state index in [1.54, 1.807) is 7.11 Å². The fraction of sp³-hybridized carbons (Fsp3) is 0.571. The molecule has 1 atom stereocenters. The first-order valence-corrected chi connectivity index (χ1v) is 6.32. The van der Waals surface area contributed by atoms with Gasteiger partial charge in [-0.1, -0.05) is 12.1 Å². The third-order valence-electron chi connectivity index (χ3n) is 3.20. The summed E-state index contributed by atoms with van der Waals surface area (Å²) in [7, 11) is 1.65. The fourth-order valence-corrected chi connectivity index (χ4v) is 2.06. The number of ether oxygens (including phenoxy) is 3. The van der Waals surface area contributed by atoms with Crippen molar-refractivity contribution in [1.82, 2.24) is 5.32 Å². The van der Waals surface area contributed by atoms with Gasteiger partial charge in [0.2, 0.25) is 0 Å². The molecule has 1 saturated heterocycles. The Kier molecular flexibility index (Phi) is 4.44. The van der Waals surface area contributed by atoms with Crippen molar-refractivity contribution in [1.29, 1.82) is 0 Å². The maximum atomic E-state index is 5.70. The van der Waals surface area contributed by atoms with E-state index in [9.17, 15) is 0 Å². The Morgan fingerprint density at radius 3 is 2.78 bits per heavy atom. The summed E-state index contributed by atoms with van der Waals surface area (Å²) >= 11 is 0. The summed E-state index contributed by atoms with van der Waals surface area (Å²) in [4.78, 5) is 0. The van der Waals surface area contributed by atoms with E-state index < -0.39 is 0 Å². The van der Waals surface area contributed by atoms with Crippen molar-refractivity contribution in [3.63, 3.8) is 0 Å². The molecule has 0 aromatic heterocycles. The first kappa shape index (κ1) is 13.2. The summed E-state index contributed by atoms with van der Waals surface area (Å²) in [6.07, 6.45) is 1.06. The highest BCUT2D eigenvalue weighted by Gasteiger charge is 2.28. The zero-order chi connectivity index (χ0) is 12.8. The SMILES string of the molecule is COc1ccccc1OCCNC1(C)CCOC1. The molecule has 0 radical (unpaired) electrons. The summed E-state index contributed by atoms with van der Waals surface area (Å²) in [6, 6.07) is 7.69. The molecule has 1 aliphatic rings. The molecule has 0 spiro atoms. The van der Waals surface area contributed by atoms with Crippen LogP contribution in [0.15, 0.2) is 24.3 Å². The molecule has 1 aromatic carbocycles. The molecule has 0 amide bonds. The molecule has 2 rings (SSSR count). The Labute approximate surface area is 108 Å². The van der Waals surface area contributed by atoms with E-state index in [1.807, 2.05) is 24.3 Å². The van der Waals surface area contributed by atoms with Crippen LogP contribution in [0.2, 0.25) is 0 Å². The van der Waals surface area contributed by atoms with Crippen LogP contribution >= 0.6 is 0 Å². The molecule has 1 N–H and O–H groups in total. The summed E-state index contributed by atoms with van der Waals surface area (Å²) < 4.78 is 16.3. The quantitative estimate of drug-likeness (QED) is 0.783. The van der Waals surface area contributed by atoms with Gasteiger partial charge in [-0.25, -0.2) is 0 Å². The topological polar surface area (TPSA) is 39.7 Å². The molecule has 100 valence electrons. The van der Waals surface area contributed by atoms with Gasteiger partial charge in [-0.3, -0.25) is 0 Å². The number of benzene rings is 1. The normalized spacial score (nSPS) is 23.0. The van der Waals surface area contributed by atoms with Crippen LogP contribution < -0.4 is 14.8 Å². The Morgan fingerprint density at radius 1 is 1.33 bits per heavy atom. The number of hydrogen-bond donors (Lipinski definition) is 1. The van der Waals surface area contributed by atoms with Crippen LogP contribution in [0.5, 0.6) is 11.5 Å². The van der Waals surface area contributed by atoms with E-state index in [2.05, 4.69) is 12.2 Å². The second kappa shape index (κ2) is 6.07. The standard InChI is InChI=1S/C14H21NO3/c1-14(7-9-17-11-14)15-8-10-18-13-6-4-3-5-12(13)16-2/h3-6,15H,7-11H2,1-2H3. The second-order valence-corrected chi connectivity index (χ2v) is 4.79. The number of rotatable bonds is 6. The van der Waals surface area contributed by atoms with Crippen LogP contribution in [0.25, 0.3) is 0 Å². The fourth-order valence-electron chi connectivity index (χ4n) is 2.06. The van der Waals surface area contributed by atoms with E-state index in [0.29, 0.717) is 6.61 Å². The third-order valence-corrected chi connectivity index (χ3v) is 3.20. The van der Waals surface area contributed by atoms with E-state index in [0.717, 1.165) is 37.7 Å². The molecule has 1 aromatic rings. The second-order valence-electron chi connectivity index (χ2n) is 4.79. The Hall–Kier alpha value is -1.26. The van der Waals surface area contributed by atoms with Crippen molar-refractivity contribution in [2.45, 2.75) is 18.9 Å². The monoisotopic (exact) mass is 251 g/mol. The summed E-state index contributed by atoms with van der Waals surface area (Å²) in [6.45, 7) is 5.23. The smallest absolute Gasteiger partial charge is 0.161 e. The number of methoxy groups -OCH3 is 1. The number of hydrogen-bond acceptors (Lipinski definition) is 4. The minimum Gasteiger partial charge on any atom is -0.493 e. The van der Waals surface area contributed by atoms with Crippen LogP contribution in [-0.4, -0.2) is 39.0 Å². The molecule has 4 heteroatoms. The van der Waals surface area contributed by atoms with Gasteiger partial charge in [-0.05, 0) is 25.5 Å². The minimum atomic E-state index is 0.101. The largest absolute Gasteiger partial charge is 0.493 e. The third kappa shape index (κ3) is 3.37. The molecule has 0 saturated carbocycles. The van der Waals surface area contributed by atoms with Crippen LogP contribution in [0.3, 0.4) is 0 Å². The van der Waals surface area contributed by atoms with E-state index in [1.165, 1.54) is 0 Å². The van der Waals surface area contributed by atoms with E-state index >= 15 is 0 Å². The molecule has 1 unspecified atom stereocenters. The molecular formula is C14H21NO3. The maximum absolute atomic E-state index is 5.70. The lowest BCUT2D eigenvalue weighted by Crippen LogP contribution is -2.44. The highest BCUT2D eigenvalue weighted by molar-refractivity contribution is 5.39. The van der Waals surface area contributed by atoms with Crippen LogP contribution in [0.1, 0.15) is 13.3 Å². The van der Waals surface area contributed by atoms with Crippen LogP contribution in [0, 0.1) is 0 Å². The molecule has 1 heterocycles. The maximum Gasteiger partial charge on any atom is 0.161 e. The van der Waals surface area contributed by atoms with E-state index in [4.69, 9.17) is 14.2 Å². The Morgan fingerprint density at radius 2 is 2.11 bits per heavy atom. The average Bonchev–Trinajstić information content (AvgIpc) is 2.82. The van der Waals surface area contributed by atoms with Gasteiger partial charge in [-0.15, -0.1) is 0 Å². The molecule has 18 heavy (non-hydrogen) atoms. The molecular weight excluding hydrogens is 230 g/mol. The molecule has 4 nitrogen and oxygen atoms in total. The predicted octanol–water partition coefficient (Wildman–Crippen LogP) is 1.84. The van der Waals surface area contributed by atoms with Crippen LogP contribution in [-0.2, 0) is 4.74 Å². The number of para-hydroxylation sites is 2. The van der Waals surface area contributed by atoms with Crippen molar-refractivity contribution in [2.24, 2.45) is 0 Å². The lowest BCUT2D eigenvalue weighted by Gasteiger charge is -2.23. The molecule has 0 aliphatic carbocycles. The van der Waals surface area contributed by atoms with Crippen molar-refractivity contribution < 1.29 is 14.2 Å². The Balaban J connectivity index is 1.75. The highest BCUT2D eigenvalue weighted by Crippen LogP contribution is 2.25. The van der Waals surface area contributed by atoms with Gasteiger partial charge < -0.3 is 19.5 Å². The molecule has 0 bridgehead atoms. The average molecular weight is 251 g/mol. The summed E-state index contributed by atoms with van der Waals surface area (Å²) in [5.74, 6) is 1.56. The summed E-state index contributed by atoms with van der Waals surface area (Å²) in [5.41, 5.74) is 0.101. The van der Waals surface area contributed by atoms with Crippen molar-refractivity contribution in [2.75, 3.05) is 33.5 Å². The lowest BCUT2D eigenvalue weighted by molar-refractivity contribution is 0.168. The van der Waals surface area contributed by atoms with Crippen molar-refractivity contribution in [3.05, 3.63) is 24.3 Å². The predicted molar refractivity (Wildman–Crippen MR) is 70.3 cm³/mol. The first-order chi connectivity index (χ1) is 8.73. The van der Waals surface area contributed by atoms with Crippen molar-refractivity contribution >= 4 is 0 Å². The van der Waals surface area contributed by atoms with Gasteiger partial charge in [0.1, 0.15) is 6.61 Å². The van der Waals surface area contributed by atoms with E-state index in [-0.39, 0.29) is 5.54 Å². The summed E-state index contributed by atoms with van der Waals surface area (Å²) in [5, 5.41) is 3.47. The van der Waals surface area contributed by atoms with Gasteiger partial charge in [0.05, 0.1) is 13.7 Å². The van der Waals surface area contributed by atoms with Gasteiger partial charge in [0.15, 0.2) is 11.5 Å². The van der Waals surface area contributed by atoms with Gasteiger partial charge in [0, 0.05) is 18.7 Å². The van der Waals surface area contributed by atoms with Gasteiger partial charge >= 0.3 is 0 Å². The van der Waals surface area contributed by atoms with Crippen molar-refractivity contribution in [3.8, 4) is 11.5 Å². The minimum absolute atomic E-state index is 0.101. The Bertz CT molecular complexity index is 375. The van der Waals surface area contributed by atoms with Crippen LogP contribution in [0.4, 0.5) is 0 Å².